The molecule has 0 aliphatic heterocycles. The molecule has 102 valence electrons. The van der Waals surface area contributed by atoms with E-state index in [1.807, 2.05) is 6.92 Å². The molecular weight excluding hydrogens is 264 g/mol. The van der Waals surface area contributed by atoms with Crippen molar-refractivity contribution in [2.45, 2.75) is 39.7 Å². The van der Waals surface area contributed by atoms with Crippen LogP contribution in [0.2, 0.25) is 5.15 Å². The van der Waals surface area contributed by atoms with Gasteiger partial charge < -0.3 is 9.73 Å². The van der Waals surface area contributed by atoms with E-state index in [0.29, 0.717) is 17.6 Å². The Hall–Kier alpha value is -1.62. The van der Waals surface area contributed by atoms with Crippen LogP contribution in [0.3, 0.4) is 0 Å². The Bertz CT molecular complexity index is 541. The van der Waals surface area contributed by atoms with Gasteiger partial charge in [0.15, 0.2) is 0 Å². The predicted molar refractivity (Wildman–Crippen MR) is 74.2 cm³/mol. The topological polar surface area (TPSA) is 63.8 Å². The van der Waals surface area contributed by atoms with Gasteiger partial charge in [0, 0.05) is 12.0 Å². The smallest absolute Gasteiger partial charge is 0.213 e. The Kier molecular flexibility index (Phi) is 4.74. The standard InChI is InChI=1S/C13H17ClN4O/c1-3-5-10-12(14)17-8-18-13(10)16-7-11-15-6-9(4-2)19-11/h6,8H,3-5,7H2,1-2H3,(H,16,17,18). The van der Waals surface area contributed by atoms with Gasteiger partial charge in [0.1, 0.15) is 23.1 Å². The van der Waals surface area contributed by atoms with Crippen LogP contribution in [0.4, 0.5) is 5.82 Å². The maximum atomic E-state index is 6.09. The Morgan fingerprint density at radius 3 is 2.79 bits per heavy atom. The lowest BCUT2D eigenvalue weighted by molar-refractivity contribution is 0.465. The molecule has 0 atom stereocenters. The summed E-state index contributed by atoms with van der Waals surface area (Å²) in [4.78, 5) is 12.4. The third-order valence-corrected chi connectivity index (χ3v) is 3.08. The molecule has 0 saturated carbocycles. The van der Waals surface area contributed by atoms with E-state index in [2.05, 4.69) is 27.2 Å². The first-order valence-electron chi connectivity index (χ1n) is 6.41. The van der Waals surface area contributed by atoms with Gasteiger partial charge in [-0.2, -0.15) is 0 Å². The average Bonchev–Trinajstić information content (AvgIpc) is 2.87. The van der Waals surface area contributed by atoms with Crippen molar-refractivity contribution >= 4 is 17.4 Å². The highest BCUT2D eigenvalue weighted by Gasteiger charge is 2.10. The van der Waals surface area contributed by atoms with Crippen molar-refractivity contribution in [3.8, 4) is 0 Å². The number of anilines is 1. The van der Waals surface area contributed by atoms with E-state index in [1.165, 1.54) is 6.33 Å². The van der Waals surface area contributed by atoms with Gasteiger partial charge in [-0.05, 0) is 6.42 Å². The number of hydrogen-bond donors (Lipinski definition) is 1. The second kappa shape index (κ2) is 6.52. The Labute approximate surface area is 117 Å². The number of nitrogens with one attached hydrogen (secondary N) is 1. The summed E-state index contributed by atoms with van der Waals surface area (Å²) in [5.41, 5.74) is 0.939. The molecule has 0 aliphatic rings. The molecule has 1 N–H and O–H groups in total. The zero-order valence-electron chi connectivity index (χ0n) is 11.1. The van der Waals surface area contributed by atoms with Crippen LogP contribution in [0, 0.1) is 0 Å². The Morgan fingerprint density at radius 2 is 2.11 bits per heavy atom. The minimum atomic E-state index is 0.490. The van der Waals surface area contributed by atoms with Gasteiger partial charge in [-0.25, -0.2) is 15.0 Å². The molecule has 2 rings (SSSR count). The zero-order chi connectivity index (χ0) is 13.7. The quantitative estimate of drug-likeness (QED) is 0.823. The fraction of sp³-hybridized carbons (Fsp3) is 0.462. The van der Waals surface area contributed by atoms with Gasteiger partial charge in [0.05, 0.1) is 12.7 Å². The summed E-state index contributed by atoms with van der Waals surface area (Å²) in [6, 6.07) is 0. The molecule has 19 heavy (non-hydrogen) atoms. The van der Waals surface area contributed by atoms with E-state index in [9.17, 15) is 0 Å². The van der Waals surface area contributed by atoms with Crippen molar-refractivity contribution in [3.05, 3.63) is 34.9 Å². The fourth-order valence-corrected chi connectivity index (χ4v) is 1.99. The molecular formula is C13H17ClN4O. The first-order chi connectivity index (χ1) is 9.24. The largest absolute Gasteiger partial charge is 0.444 e. The van der Waals surface area contributed by atoms with E-state index < -0.39 is 0 Å². The minimum Gasteiger partial charge on any atom is -0.444 e. The number of nitrogens with zero attached hydrogens (tertiary/aromatic N) is 3. The molecule has 0 amide bonds. The van der Waals surface area contributed by atoms with Gasteiger partial charge in [-0.1, -0.05) is 31.9 Å². The molecule has 0 radical (unpaired) electrons. The molecule has 5 nitrogen and oxygen atoms in total. The first kappa shape index (κ1) is 13.8. The maximum Gasteiger partial charge on any atom is 0.213 e. The van der Waals surface area contributed by atoms with Crippen LogP contribution in [0.25, 0.3) is 0 Å². The van der Waals surface area contributed by atoms with Crippen LogP contribution < -0.4 is 5.32 Å². The van der Waals surface area contributed by atoms with Crippen LogP contribution >= 0.6 is 11.6 Å². The SMILES string of the molecule is CCCc1c(Cl)ncnc1NCc1ncc(CC)o1. The van der Waals surface area contributed by atoms with Crippen molar-refractivity contribution in [1.29, 1.82) is 0 Å². The monoisotopic (exact) mass is 280 g/mol. The third-order valence-electron chi connectivity index (χ3n) is 2.75. The molecule has 0 aliphatic carbocycles. The van der Waals surface area contributed by atoms with Crippen LogP contribution in [-0.2, 0) is 19.4 Å². The Morgan fingerprint density at radius 1 is 1.26 bits per heavy atom. The molecule has 0 fully saturated rings. The predicted octanol–water partition coefficient (Wildman–Crippen LogP) is 3.25. The van der Waals surface area contributed by atoms with E-state index in [1.54, 1.807) is 6.20 Å². The maximum absolute atomic E-state index is 6.09. The first-order valence-corrected chi connectivity index (χ1v) is 6.79. The van der Waals surface area contributed by atoms with Crippen LogP contribution in [0.1, 0.15) is 37.5 Å². The zero-order valence-corrected chi connectivity index (χ0v) is 11.9. The molecule has 2 aromatic heterocycles. The number of hydrogen-bond acceptors (Lipinski definition) is 5. The lowest BCUT2D eigenvalue weighted by Crippen LogP contribution is -2.06. The molecule has 2 heterocycles. The van der Waals surface area contributed by atoms with Gasteiger partial charge in [-0.15, -0.1) is 0 Å². The highest BCUT2D eigenvalue weighted by molar-refractivity contribution is 6.30. The van der Waals surface area contributed by atoms with E-state index in [0.717, 1.165) is 36.4 Å². The van der Waals surface area contributed by atoms with E-state index >= 15 is 0 Å². The number of oxazole rings is 1. The number of rotatable bonds is 6. The Balaban J connectivity index is 2.08. The molecule has 0 unspecified atom stereocenters. The van der Waals surface area contributed by atoms with Crippen molar-refractivity contribution in [2.75, 3.05) is 5.32 Å². The molecule has 0 bridgehead atoms. The highest BCUT2D eigenvalue weighted by Crippen LogP contribution is 2.21. The summed E-state index contributed by atoms with van der Waals surface area (Å²) in [6.07, 6.45) is 5.87. The van der Waals surface area contributed by atoms with E-state index in [4.69, 9.17) is 16.0 Å². The number of aromatic nitrogens is 3. The summed E-state index contributed by atoms with van der Waals surface area (Å²) in [7, 11) is 0. The van der Waals surface area contributed by atoms with Gasteiger partial charge in [0.2, 0.25) is 5.89 Å². The fourth-order valence-electron chi connectivity index (χ4n) is 1.77. The molecule has 0 saturated heterocycles. The number of halogens is 1. The highest BCUT2D eigenvalue weighted by atomic mass is 35.5. The van der Waals surface area contributed by atoms with Crippen LogP contribution in [-0.4, -0.2) is 15.0 Å². The average molecular weight is 281 g/mol. The normalized spacial score (nSPS) is 10.7. The summed E-state index contributed by atoms with van der Waals surface area (Å²) in [6.45, 7) is 4.61. The summed E-state index contributed by atoms with van der Waals surface area (Å²) in [5, 5.41) is 3.70. The molecule has 2 aromatic rings. The lowest BCUT2D eigenvalue weighted by atomic mass is 10.2. The van der Waals surface area contributed by atoms with Crippen molar-refractivity contribution in [2.24, 2.45) is 0 Å². The van der Waals surface area contributed by atoms with E-state index in [-0.39, 0.29) is 0 Å². The lowest BCUT2D eigenvalue weighted by Gasteiger charge is -2.09. The minimum absolute atomic E-state index is 0.490. The third kappa shape index (κ3) is 3.44. The molecule has 0 aromatic carbocycles. The molecule has 6 heteroatoms. The molecule has 0 spiro atoms. The summed E-state index contributed by atoms with van der Waals surface area (Å²) < 4.78 is 5.53. The second-order valence-electron chi connectivity index (χ2n) is 4.17. The van der Waals surface area contributed by atoms with Gasteiger partial charge in [0.25, 0.3) is 0 Å². The van der Waals surface area contributed by atoms with Crippen LogP contribution in [0.15, 0.2) is 16.9 Å². The number of aryl methyl sites for hydroxylation is 1. The van der Waals surface area contributed by atoms with Crippen molar-refractivity contribution in [1.82, 2.24) is 15.0 Å². The summed E-state index contributed by atoms with van der Waals surface area (Å²) in [5.74, 6) is 2.28. The van der Waals surface area contributed by atoms with Crippen molar-refractivity contribution in [3.63, 3.8) is 0 Å². The second-order valence-corrected chi connectivity index (χ2v) is 4.53. The van der Waals surface area contributed by atoms with Gasteiger partial charge >= 0.3 is 0 Å². The summed E-state index contributed by atoms with van der Waals surface area (Å²) >= 11 is 6.09. The van der Waals surface area contributed by atoms with Crippen molar-refractivity contribution < 1.29 is 4.42 Å². The van der Waals surface area contributed by atoms with Gasteiger partial charge in [-0.3, -0.25) is 0 Å². The van der Waals surface area contributed by atoms with Crippen LogP contribution in [0.5, 0.6) is 0 Å².